The van der Waals surface area contributed by atoms with E-state index in [0.717, 1.165) is 50.1 Å². The minimum atomic E-state index is 0.000627. The van der Waals surface area contributed by atoms with Crippen molar-refractivity contribution in [3.05, 3.63) is 63.6 Å². The van der Waals surface area contributed by atoms with Crippen LogP contribution in [0.25, 0.3) is 0 Å². The summed E-state index contributed by atoms with van der Waals surface area (Å²) in [6.45, 7) is 4.59. The third kappa shape index (κ3) is 5.00. The molecule has 0 saturated carbocycles. The SMILES string of the molecule is CCc1ccc(NC(=O)[C@@H]2CCCN(Cc3ccc(Cl)cc3Cl)C2)cc1. The summed E-state index contributed by atoms with van der Waals surface area (Å²) in [6.07, 6.45) is 2.93. The Balaban J connectivity index is 1.59. The standard InChI is InChI=1S/C21H24Cl2N2O/c1-2-15-5-9-19(10-6-15)24-21(26)17-4-3-11-25(14-17)13-16-7-8-18(22)12-20(16)23/h5-10,12,17H,2-4,11,13-14H2,1H3,(H,24,26)/t17-/m1/s1. The zero-order valence-electron chi connectivity index (χ0n) is 15.0. The van der Waals surface area contributed by atoms with Gasteiger partial charge in [0.15, 0.2) is 0 Å². The molecular weight excluding hydrogens is 367 g/mol. The summed E-state index contributed by atoms with van der Waals surface area (Å²) in [5.41, 5.74) is 3.18. The van der Waals surface area contributed by atoms with E-state index in [2.05, 4.69) is 29.3 Å². The van der Waals surface area contributed by atoms with Crippen LogP contribution in [-0.2, 0) is 17.8 Å². The average Bonchev–Trinajstić information content (AvgIpc) is 2.65. The van der Waals surface area contributed by atoms with Gasteiger partial charge in [-0.15, -0.1) is 0 Å². The molecule has 0 aromatic heterocycles. The second kappa shape index (κ2) is 8.90. The Bertz CT molecular complexity index is 761. The molecule has 0 radical (unpaired) electrons. The fourth-order valence-electron chi connectivity index (χ4n) is 3.37. The van der Waals surface area contributed by atoms with E-state index in [0.29, 0.717) is 10.0 Å². The lowest BCUT2D eigenvalue weighted by molar-refractivity contribution is -0.121. The van der Waals surface area contributed by atoms with Crippen LogP contribution in [0.2, 0.25) is 10.0 Å². The molecule has 0 bridgehead atoms. The van der Waals surface area contributed by atoms with Crippen LogP contribution < -0.4 is 5.32 Å². The Kier molecular flexibility index (Phi) is 6.58. The van der Waals surface area contributed by atoms with Gasteiger partial charge in [0, 0.05) is 28.8 Å². The van der Waals surface area contributed by atoms with E-state index in [-0.39, 0.29) is 11.8 Å². The molecule has 1 amide bonds. The number of hydrogen-bond donors (Lipinski definition) is 1. The normalized spacial score (nSPS) is 17.9. The molecule has 1 N–H and O–H groups in total. The summed E-state index contributed by atoms with van der Waals surface area (Å²) in [5, 5.41) is 4.38. The molecule has 138 valence electrons. The van der Waals surface area contributed by atoms with E-state index in [1.54, 1.807) is 6.07 Å². The molecule has 3 nitrogen and oxygen atoms in total. The van der Waals surface area contributed by atoms with E-state index in [1.807, 2.05) is 24.3 Å². The first-order chi connectivity index (χ1) is 12.5. The number of nitrogens with zero attached hydrogens (tertiary/aromatic N) is 1. The smallest absolute Gasteiger partial charge is 0.228 e. The second-order valence-corrected chi connectivity index (χ2v) is 7.69. The number of hydrogen-bond acceptors (Lipinski definition) is 2. The number of halogens is 2. The molecule has 3 rings (SSSR count). The van der Waals surface area contributed by atoms with Crippen molar-refractivity contribution in [1.29, 1.82) is 0 Å². The van der Waals surface area contributed by atoms with Gasteiger partial charge in [-0.2, -0.15) is 0 Å². The first-order valence-corrected chi connectivity index (χ1v) is 9.87. The molecule has 2 aromatic rings. The molecule has 1 fully saturated rings. The molecule has 26 heavy (non-hydrogen) atoms. The number of nitrogens with one attached hydrogen (secondary N) is 1. The van der Waals surface area contributed by atoms with Crippen molar-refractivity contribution >= 4 is 34.8 Å². The van der Waals surface area contributed by atoms with Gasteiger partial charge in [0.2, 0.25) is 5.91 Å². The molecule has 0 spiro atoms. The zero-order chi connectivity index (χ0) is 18.5. The summed E-state index contributed by atoms with van der Waals surface area (Å²) in [4.78, 5) is 14.9. The number of benzene rings is 2. The predicted molar refractivity (Wildman–Crippen MR) is 109 cm³/mol. The monoisotopic (exact) mass is 390 g/mol. The van der Waals surface area contributed by atoms with Crippen molar-refractivity contribution < 1.29 is 4.79 Å². The third-order valence-corrected chi connectivity index (χ3v) is 5.50. The Labute approximate surface area is 165 Å². The number of carbonyl (C=O) groups excluding carboxylic acids is 1. The number of piperidine rings is 1. The number of amides is 1. The predicted octanol–water partition coefficient (Wildman–Crippen LogP) is 5.41. The highest BCUT2D eigenvalue weighted by molar-refractivity contribution is 6.35. The lowest BCUT2D eigenvalue weighted by atomic mass is 9.96. The lowest BCUT2D eigenvalue weighted by Gasteiger charge is -2.32. The largest absolute Gasteiger partial charge is 0.326 e. The maximum absolute atomic E-state index is 12.7. The topological polar surface area (TPSA) is 32.3 Å². The van der Waals surface area contributed by atoms with Gasteiger partial charge in [-0.1, -0.05) is 48.3 Å². The maximum Gasteiger partial charge on any atom is 0.228 e. The van der Waals surface area contributed by atoms with Crippen LogP contribution in [0.3, 0.4) is 0 Å². The number of aryl methyl sites for hydroxylation is 1. The van der Waals surface area contributed by atoms with Gasteiger partial charge in [0.25, 0.3) is 0 Å². The minimum absolute atomic E-state index is 0.000627. The highest BCUT2D eigenvalue weighted by atomic mass is 35.5. The van der Waals surface area contributed by atoms with Gasteiger partial charge in [-0.3, -0.25) is 9.69 Å². The van der Waals surface area contributed by atoms with Crippen molar-refractivity contribution in [2.75, 3.05) is 18.4 Å². The van der Waals surface area contributed by atoms with Crippen LogP contribution in [-0.4, -0.2) is 23.9 Å². The van der Waals surface area contributed by atoms with Gasteiger partial charge in [-0.05, 0) is 61.2 Å². The molecule has 1 aliphatic heterocycles. The Hall–Kier alpha value is -1.55. The van der Waals surface area contributed by atoms with Gasteiger partial charge in [-0.25, -0.2) is 0 Å². The molecule has 2 aromatic carbocycles. The van der Waals surface area contributed by atoms with Gasteiger partial charge < -0.3 is 5.32 Å². The minimum Gasteiger partial charge on any atom is -0.326 e. The molecule has 1 saturated heterocycles. The highest BCUT2D eigenvalue weighted by Gasteiger charge is 2.26. The lowest BCUT2D eigenvalue weighted by Crippen LogP contribution is -2.40. The van der Waals surface area contributed by atoms with Crippen molar-refractivity contribution in [3.63, 3.8) is 0 Å². The second-order valence-electron chi connectivity index (χ2n) is 6.85. The van der Waals surface area contributed by atoms with Crippen LogP contribution in [0.4, 0.5) is 5.69 Å². The highest BCUT2D eigenvalue weighted by Crippen LogP contribution is 2.25. The zero-order valence-corrected chi connectivity index (χ0v) is 16.5. The Morgan fingerprint density at radius 1 is 1.19 bits per heavy atom. The molecule has 1 atom stereocenters. The van der Waals surface area contributed by atoms with Crippen LogP contribution >= 0.6 is 23.2 Å². The van der Waals surface area contributed by atoms with E-state index in [1.165, 1.54) is 5.56 Å². The summed E-state index contributed by atoms with van der Waals surface area (Å²) in [6, 6.07) is 13.7. The van der Waals surface area contributed by atoms with Gasteiger partial charge in [0.1, 0.15) is 0 Å². The van der Waals surface area contributed by atoms with Gasteiger partial charge >= 0.3 is 0 Å². The average molecular weight is 391 g/mol. The molecule has 5 heteroatoms. The summed E-state index contributed by atoms with van der Waals surface area (Å²) in [7, 11) is 0. The van der Waals surface area contributed by atoms with E-state index >= 15 is 0 Å². The van der Waals surface area contributed by atoms with Crippen molar-refractivity contribution in [2.45, 2.75) is 32.7 Å². The number of rotatable bonds is 5. The van der Waals surface area contributed by atoms with Crippen molar-refractivity contribution in [3.8, 4) is 0 Å². The Morgan fingerprint density at radius 3 is 2.65 bits per heavy atom. The first-order valence-electron chi connectivity index (χ1n) is 9.11. The summed E-state index contributed by atoms with van der Waals surface area (Å²) < 4.78 is 0. The fraction of sp³-hybridized carbons (Fsp3) is 0.381. The van der Waals surface area contributed by atoms with Crippen molar-refractivity contribution in [2.24, 2.45) is 5.92 Å². The number of carbonyl (C=O) groups is 1. The molecule has 0 aliphatic carbocycles. The van der Waals surface area contributed by atoms with Crippen LogP contribution in [0.1, 0.15) is 30.9 Å². The summed E-state index contributed by atoms with van der Waals surface area (Å²) in [5.74, 6) is 0.0989. The maximum atomic E-state index is 12.7. The van der Waals surface area contributed by atoms with E-state index in [4.69, 9.17) is 23.2 Å². The molecule has 1 aliphatic rings. The van der Waals surface area contributed by atoms with Crippen LogP contribution in [0.5, 0.6) is 0 Å². The molecule has 0 unspecified atom stereocenters. The van der Waals surface area contributed by atoms with Crippen LogP contribution in [0, 0.1) is 5.92 Å². The first kappa shape index (κ1) is 19.2. The molecule has 1 heterocycles. The number of likely N-dealkylation sites (tertiary alicyclic amines) is 1. The van der Waals surface area contributed by atoms with E-state index in [9.17, 15) is 4.79 Å². The van der Waals surface area contributed by atoms with Crippen molar-refractivity contribution in [1.82, 2.24) is 4.90 Å². The quantitative estimate of drug-likeness (QED) is 0.740. The summed E-state index contributed by atoms with van der Waals surface area (Å²) >= 11 is 12.3. The van der Waals surface area contributed by atoms with E-state index < -0.39 is 0 Å². The van der Waals surface area contributed by atoms with Crippen LogP contribution in [0.15, 0.2) is 42.5 Å². The number of anilines is 1. The third-order valence-electron chi connectivity index (χ3n) is 4.92. The van der Waals surface area contributed by atoms with Gasteiger partial charge in [0.05, 0.1) is 5.92 Å². The fourth-order valence-corrected chi connectivity index (χ4v) is 3.84. The Morgan fingerprint density at radius 2 is 1.96 bits per heavy atom. The molecular formula is C21H24Cl2N2O.